The summed E-state index contributed by atoms with van der Waals surface area (Å²) in [6.45, 7) is 8.97. The van der Waals surface area contributed by atoms with E-state index in [-0.39, 0.29) is 5.54 Å². The molecule has 0 aromatic carbocycles. The average Bonchev–Trinajstić information content (AvgIpc) is 2.76. The van der Waals surface area contributed by atoms with E-state index < -0.39 is 0 Å². The Bertz CT molecular complexity index is 651. The molecule has 3 heterocycles. The van der Waals surface area contributed by atoms with Crippen LogP contribution in [-0.2, 0) is 0 Å². The van der Waals surface area contributed by atoms with Crippen LogP contribution in [0.1, 0.15) is 39.7 Å². The second-order valence-corrected chi connectivity index (χ2v) is 7.28. The highest BCUT2D eigenvalue weighted by atomic mass is 79.9. The number of nitrogen functional groups attached to an aromatic ring is 1. The number of piperidine rings is 1. The topological polar surface area (TPSA) is 72.9 Å². The van der Waals surface area contributed by atoms with E-state index in [1.165, 1.54) is 6.33 Å². The number of imidazole rings is 1. The van der Waals surface area contributed by atoms with Crippen molar-refractivity contribution in [3.8, 4) is 0 Å². The largest absolute Gasteiger partial charge is 0.382 e. The van der Waals surface area contributed by atoms with E-state index in [0.717, 1.165) is 36.3 Å². The highest BCUT2D eigenvalue weighted by Gasteiger charge is 2.29. The van der Waals surface area contributed by atoms with Crippen LogP contribution < -0.4 is 5.73 Å². The number of nitrogens with two attached hydrogens (primary N) is 1. The van der Waals surface area contributed by atoms with Gasteiger partial charge in [0.2, 0.25) is 0 Å². The van der Waals surface area contributed by atoms with Gasteiger partial charge in [-0.25, -0.2) is 15.0 Å². The average molecular weight is 353 g/mol. The van der Waals surface area contributed by atoms with Crippen LogP contribution in [0, 0.1) is 0 Å². The molecule has 1 aliphatic heterocycles. The number of hydrogen-bond donors (Lipinski definition) is 1. The molecule has 0 bridgehead atoms. The molecule has 0 unspecified atom stereocenters. The molecule has 3 rings (SSSR count). The van der Waals surface area contributed by atoms with Gasteiger partial charge in [0.25, 0.3) is 0 Å². The molecule has 0 radical (unpaired) electrons. The second-order valence-electron chi connectivity index (χ2n) is 6.57. The van der Waals surface area contributed by atoms with E-state index in [2.05, 4.69) is 61.1 Å². The Balaban J connectivity index is 1.89. The van der Waals surface area contributed by atoms with Crippen molar-refractivity contribution in [3.63, 3.8) is 0 Å². The van der Waals surface area contributed by atoms with Crippen molar-refractivity contribution < 1.29 is 0 Å². The lowest BCUT2D eigenvalue weighted by Gasteiger charge is -2.41. The first-order valence-electron chi connectivity index (χ1n) is 7.27. The van der Waals surface area contributed by atoms with Gasteiger partial charge in [0.15, 0.2) is 21.7 Å². The fraction of sp³-hybridized carbons (Fsp3) is 0.643. The minimum absolute atomic E-state index is 0.228. The fourth-order valence-electron chi connectivity index (χ4n) is 3.02. The molecule has 0 aliphatic carbocycles. The summed E-state index contributed by atoms with van der Waals surface area (Å²) in [5, 5.41) is 0. The highest BCUT2D eigenvalue weighted by Crippen LogP contribution is 2.32. The summed E-state index contributed by atoms with van der Waals surface area (Å²) in [7, 11) is 0. The van der Waals surface area contributed by atoms with Gasteiger partial charge >= 0.3 is 0 Å². The van der Waals surface area contributed by atoms with Gasteiger partial charge in [0.05, 0.1) is 0 Å². The van der Waals surface area contributed by atoms with Crippen LogP contribution in [-0.4, -0.2) is 43.0 Å². The molecule has 6 nitrogen and oxygen atoms in total. The molecular formula is C14H21BrN6. The smallest absolute Gasteiger partial charge is 0.179 e. The summed E-state index contributed by atoms with van der Waals surface area (Å²) >= 11 is 3.55. The zero-order valence-electron chi connectivity index (χ0n) is 12.7. The summed E-state index contributed by atoms with van der Waals surface area (Å²) in [6.07, 6.45) is 3.68. The summed E-state index contributed by atoms with van der Waals surface area (Å²) in [6, 6.07) is 0.400. The van der Waals surface area contributed by atoms with E-state index in [9.17, 15) is 0 Å². The maximum atomic E-state index is 5.89. The zero-order chi connectivity index (χ0) is 15.2. The minimum atomic E-state index is 0.228. The Hall–Kier alpha value is -1.21. The molecule has 0 saturated carbocycles. The number of fused-ring (bicyclic) bond motifs is 1. The Morgan fingerprint density at radius 3 is 2.52 bits per heavy atom. The lowest BCUT2D eigenvalue weighted by atomic mass is 9.98. The normalized spacial score (nSPS) is 18.5. The van der Waals surface area contributed by atoms with Crippen molar-refractivity contribution in [2.45, 2.75) is 45.2 Å². The molecule has 2 N–H and O–H groups in total. The van der Waals surface area contributed by atoms with Crippen molar-refractivity contribution in [2.24, 2.45) is 0 Å². The molecule has 0 amide bonds. The maximum Gasteiger partial charge on any atom is 0.179 e. The SMILES string of the molecule is CC(C)(C)N1CCC(n2c(Br)nc3c(N)ncnc32)CC1. The standard InChI is InChI=1S/C14H21BrN6/c1-14(2,3)20-6-4-9(5-7-20)21-12-10(19-13(21)15)11(16)17-8-18-12/h8-9H,4-7H2,1-3H3,(H2,16,17,18). The third kappa shape index (κ3) is 2.64. The van der Waals surface area contributed by atoms with E-state index in [1.807, 2.05) is 0 Å². The van der Waals surface area contributed by atoms with Gasteiger partial charge in [0, 0.05) is 24.7 Å². The Labute approximate surface area is 132 Å². The van der Waals surface area contributed by atoms with Gasteiger partial charge in [-0.15, -0.1) is 0 Å². The predicted molar refractivity (Wildman–Crippen MR) is 87.0 cm³/mol. The predicted octanol–water partition coefficient (Wildman–Crippen LogP) is 2.61. The maximum absolute atomic E-state index is 5.89. The van der Waals surface area contributed by atoms with E-state index in [1.54, 1.807) is 0 Å². The minimum Gasteiger partial charge on any atom is -0.382 e. The Morgan fingerprint density at radius 1 is 1.24 bits per heavy atom. The molecule has 114 valence electrons. The van der Waals surface area contributed by atoms with Gasteiger partial charge < -0.3 is 5.73 Å². The summed E-state index contributed by atoms with van der Waals surface area (Å²) in [4.78, 5) is 15.4. The first kappa shape index (κ1) is 14.7. The van der Waals surface area contributed by atoms with Gasteiger partial charge in [-0.2, -0.15) is 0 Å². The monoisotopic (exact) mass is 352 g/mol. The molecule has 2 aromatic rings. The quantitative estimate of drug-likeness (QED) is 0.798. The molecule has 1 saturated heterocycles. The molecule has 1 aliphatic rings. The van der Waals surface area contributed by atoms with Crippen LogP contribution in [0.4, 0.5) is 5.82 Å². The van der Waals surface area contributed by atoms with Gasteiger partial charge in [-0.05, 0) is 49.5 Å². The number of hydrogen-bond acceptors (Lipinski definition) is 5. The molecule has 0 atom stereocenters. The molecule has 1 fully saturated rings. The molecule has 0 spiro atoms. The highest BCUT2D eigenvalue weighted by molar-refractivity contribution is 9.10. The molecule has 21 heavy (non-hydrogen) atoms. The third-order valence-electron chi connectivity index (χ3n) is 4.24. The number of anilines is 1. The number of rotatable bonds is 1. The van der Waals surface area contributed by atoms with Gasteiger partial charge in [-0.1, -0.05) is 0 Å². The lowest BCUT2D eigenvalue weighted by Crippen LogP contribution is -2.46. The molecule has 7 heteroatoms. The first-order chi connectivity index (χ1) is 9.88. The zero-order valence-corrected chi connectivity index (χ0v) is 14.3. The van der Waals surface area contributed by atoms with Crippen LogP contribution in [0.25, 0.3) is 11.2 Å². The van der Waals surface area contributed by atoms with Crippen molar-refractivity contribution in [2.75, 3.05) is 18.8 Å². The van der Waals surface area contributed by atoms with Crippen LogP contribution >= 0.6 is 15.9 Å². The van der Waals surface area contributed by atoms with Crippen molar-refractivity contribution in [1.82, 2.24) is 24.4 Å². The van der Waals surface area contributed by atoms with Gasteiger partial charge in [-0.3, -0.25) is 9.47 Å². The second kappa shape index (κ2) is 5.21. The van der Waals surface area contributed by atoms with E-state index in [4.69, 9.17) is 5.73 Å². The number of likely N-dealkylation sites (tertiary alicyclic amines) is 1. The first-order valence-corrected chi connectivity index (χ1v) is 8.06. The van der Waals surface area contributed by atoms with Crippen LogP contribution in [0.5, 0.6) is 0 Å². The van der Waals surface area contributed by atoms with E-state index >= 15 is 0 Å². The third-order valence-corrected chi connectivity index (χ3v) is 4.80. The van der Waals surface area contributed by atoms with Crippen molar-refractivity contribution >= 4 is 32.9 Å². The molecular weight excluding hydrogens is 332 g/mol. The molecule has 2 aromatic heterocycles. The Kier molecular flexibility index (Phi) is 3.65. The van der Waals surface area contributed by atoms with E-state index in [0.29, 0.717) is 17.4 Å². The number of nitrogens with zero attached hydrogens (tertiary/aromatic N) is 5. The van der Waals surface area contributed by atoms with Gasteiger partial charge in [0.1, 0.15) is 6.33 Å². The summed E-state index contributed by atoms with van der Waals surface area (Å²) < 4.78 is 2.95. The van der Waals surface area contributed by atoms with Crippen LogP contribution in [0.15, 0.2) is 11.1 Å². The van der Waals surface area contributed by atoms with Crippen LogP contribution in [0.2, 0.25) is 0 Å². The van der Waals surface area contributed by atoms with Crippen molar-refractivity contribution in [1.29, 1.82) is 0 Å². The number of aromatic nitrogens is 4. The van der Waals surface area contributed by atoms with Crippen LogP contribution in [0.3, 0.4) is 0 Å². The van der Waals surface area contributed by atoms with Crippen molar-refractivity contribution in [3.05, 3.63) is 11.1 Å². The lowest BCUT2D eigenvalue weighted by molar-refractivity contribution is 0.0901. The summed E-state index contributed by atoms with van der Waals surface area (Å²) in [5.41, 5.74) is 7.62. The Morgan fingerprint density at radius 2 is 1.90 bits per heavy atom. The summed E-state index contributed by atoms with van der Waals surface area (Å²) in [5.74, 6) is 0.437. The number of halogens is 1. The fourth-order valence-corrected chi connectivity index (χ4v) is 3.65.